The molecule has 1 aliphatic rings. The SMILES string of the molecule is CCc1cc(N2OOC(c3cc(C)nc(N(C)C(C)C)c3)O2)cc(C)c1OCC(O)CO. The van der Waals surface area contributed by atoms with Crippen LogP contribution >= 0.6 is 0 Å². The zero-order chi connectivity index (χ0) is 23.4. The molecule has 176 valence electrons. The molecule has 2 heterocycles. The van der Waals surface area contributed by atoms with E-state index in [0.717, 1.165) is 28.2 Å². The lowest BCUT2D eigenvalue weighted by atomic mass is 10.1. The van der Waals surface area contributed by atoms with Crippen LogP contribution in [0.25, 0.3) is 0 Å². The first kappa shape index (κ1) is 24.2. The summed E-state index contributed by atoms with van der Waals surface area (Å²) in [5.41, 5.74) is 4.07. The number of hydrogen-bond acceptors (Lipinski definition) is 9. The smallest absolute Gasteiger partial charge is 0.247 e. The third-order valence-electron chi connectivity index (χ3n) is 5.32. The molecule has 3 rings (SSSR count). The number of aryl methyl sites for hydroxylation is 3. The molecule has 1 saturated heterocycles. The molecule has 1 aromatic carbocycles. The predicted molar refractivity (Wildman–Crippen MR) is 120 cm³/mol. The molecule has 0 amide bonds. The van der Waals surface area contributed by atoms with Gasteiger partial charge in [-0.3, -0.25) is 0 Å². The van der Waals surface area contributed by atoms with Gasteiger partial charge in [0.05, 0.1) is 12.3 Å². The Morgan fingerprint density at radius 2 is 1.97 bits per heavy atom. The van der Waals surface area contributed by atoms with E-state index in [9.17, 15) is 5.11 Å². The maximum atomic E-state index is 9.59. The number of pyridine rings is 1. The summed E-state index contributed by atoms with van der Waals surface area (Å²) in [6.45, 7) is 9.70. The molecular weight excluding hydrogens is 414 g/mol. The Kier molecular flexibility index (Phi) is 7.91. The van der Waals surface area contributed by atoms with Gasteiger partial charge in [-0.05, 0) is 69.5 Å². The average Bonchev–Trinajstić information content (AvgIpc) is 3.26. The number of ether oxygens (including phenoxy) is 1. The van der Waals surface area contributed by atoms with Gasteiger partial charge in [0.1, 0.15) is 24.3 Å². The van der Waals surface area contributed by atoms with Crippen molar-refractivity contribution < 1.29 is 29.7 Å². The number of anilines is 2. The second-order valence-corrected chi connectivity index (χ2v) is 8.22. The maximum Gasteiger partial charge on any atom is 0.247 e. The minimum absolute atomic E-state index is 0.0140. The van der Waals surface area contributed by atoms with Crippen molar-refractivity contribution in [2.45, 2.75) is 59.5 Å². The molecule has 9 nitrogen and oxygen atoms in total. The second-order valence-electron chi connectivity index (χ2n) is 8.22. The summed E-state index contributed by atoms with van der Waals surface area (Å²) in [4.78, 5) is 23.4. The fraction of sp³-hybridized carbons (Fsp3) is 0.522. The Morgan fingerprint density at radius 1 is 1.22 bits per heavy atom. The van der Waals surface area contributed by atoms with Crippen molar-refractivity contribution in [2.75, 3.05) is 30.4 Å². The van der Waals surface area contributed by atoms with Gasteiger partial charge in [0.25, 0.3) is 0 Å². The number of rotatable bonds is 9. The molecule has 0 bridgehead atoms. The van der Waals surface area contributed by atoms with Gasteiger partial charge < -0.3 is 19.8 Å². The molecule has 2 atom stereocenters. The van der Waals surface area contributed by atoms with E-state index in [1.54, 1.807) is 0 Å². The van der Waals surface area contributed by atoms with Crippen LogP contribution in [0.1, 0.15) is 49.4 Å². The van der Waals surface area contributed by atoms with Crippen molar-refractivity contribution in [2.24, 2.45) is 0 Å². The van der Waals surface area contributed by atoms with E-state index in [-0.39, 0.29) is 13.2 Å². The Morgan fingerprint density at radius 3 is 2.62 bits per heavy atom. The largest absolute Gasteiger partial charge is 0.490 e. The standard InChI is InChI=1S/C23H33N3O6/c1-7-17-10-19(8-15(4)22(17)29-13-20(28)12-27)26-30-23(31-32-26)18-9-16(5)24-21(11-18)25(6)14(2)3/h8-11,14,20,23,27-28H,7,12-13H2,1-6H3. The van der Waals surface area contributed by atoms with Crippen LogP contribution in [0, 0.1) is 13.8 Å². The number of benzene rings is 1. The summed E-state index contributed by atoms with van der Waals surface area (Å²) in [6.07, 6.45) is -0.968. The van der Waals surface area contributed by atoms with Crippen molar-refractivity contribution >= 4 is 11.5 Å². The lowest BCUT2D eigenvalue weighted by Crippen LogP contribution is -2.27. The van der Waals surface area contributed by atoms with Gasteiger partial charge >= 0.3 is 0 Å². The lowest BCUT2D eigenvalue weighted by molar-refractivity contribution is -0.286. The number of hydrogen-bond donors (Lipinski definition) is 2. The first-order valence-electron chi connectivity index (χ1n) is 10.8. The number of nitrogens with zero attached hydrogens (tertiary/aromatic N) is 3. The zero-order valence-electron chi connectivity index (χ0n) is 19.5. The second kappa shape index (κ2) is 10.5. The highest BCUT2D eigenvalue weighted by molar-refractivity contribution is 5.55. The highest BCUT2D eigenvalue weighted by atomic mass is 17.4. The minimum atomic E-state index is -0.929. The van der Waals surface area contributed by atoms with Crippen LogP contribution in [0.4, 0.5) is 11.5 Å². The van der Waals surface area contributed by atoms with Crippen molar-refractivity contribution in [1.82, 2.24) is 4.98 Å². The van der Waals surface area contributed by atoms with Crippen LogP contribution in [-0.4, -0.2) is 47.6 Å². The molecule has 2 aromatic rings. The van der Waals surface area contributed by atoms with Crippen LogP contribution in [0.3, 0.4) is 0 Å². The number of aliphatic hydroxyl groups is 2. The third-order valence-corrected chi connectivity index (χ3v) is 5.32. The molecule has 32 heavy (non-hydrogen) atoms. The van der Waals surface area contributed by atoms with Crippen molar-refractivity contribution in [3.8, 4) is 5.75 Å². The van der Waals surface area contributed by atoms with Gasteiger partial charge in [-0.15, -0.1) is 0 Å². The third kappa shape index (κ3) is 5.48. The molecule has 1 fully saturated rings. The Balaban J connectivity index is 1.79. The monoisotopic (exact) mass is 447 g/mol. The summed E-state index contributed by atoms with van der Waals surface area (Å²) < 4.78 is 5.73. The van der Waals surface area contributed by atoms with Crippen LogP contribution in [0.5, 0.6) is 5.75 Å². The van der Waals surface area contributed by atoms with E-state index in [1.807, 2.05) is 52.1 Å². The molecule has 1 aromatic heterocycles. The normalized spacial score (nSPS) is 17.2. The Hall–Kier alpha value is -2.43. The van der Waals surface area contributed by atoms with Crippen LogP contribution in [0.2, 0.25) is 0 Å². The molecule has 1 aliphatic heterocycles. The molecule has 0 saturated carbocycles. The summed E-state index contributed by atoms with van der Waals surface area (Å²) in [5.74, 6) is 1.50. The zero-order valence-corrected chi connectivity index (χ0v) is 19.5. The predicted octanol–water partition coefficient (Wildman–Crippen LogP) is 3.15. The number of aromatic nitrogens is 1. The van der Waals surface area contributed by atoms with Crippen LogP contribution in [0.15, 0.2) is 24.3 Å². The van der Waals surface area contributed by atoms with E-state index in [0.29, 0.717) is 23.9 Å². The van der Waals surface area contributed by atoms with Crippen molar-refractivity contribution in [3.05, 3.63) is 46.6 Å². The van der Waals surface area contributed by atoms with E-state index in [4.69, 9.17) is 24.6 Å². The Bertz CT molecular complexity index is 923. The maximum absolute atomic E-state index is 9.59. The van der Waals surface area contributed by atoms with Gasteiger partial charge in [-0.25, -0.2) is 9.82 Å². The molecule has 0 spiro atoms. The van der Waals surface area contributed by atoms with Gasteiger partial charge in [0.15, 0.2) is 0 Å². The quantitative estimate of drug-likeness (QED) is 0.562. The van der Waals surface area contributed by atoms with Crippen LogP contribution in [-0.2, 0) is 21.1 Å². The summed E-state index contributed by atoms with van der Waals surface area (Å²) in [5, 5.41) is 19.9. The van der Waals surface area contributed by atoms with Crippen molar-refractivity contribution in [3.63, 3.8) is 0 Å². The molecule has 9 heteroatoms. The van der Waals surface area contributed by atoms with E-state index < -0.39 is 12.4 Å². The summed E-state index contributed by atoms with van der Waals surface area (Å²) in [6, 6.07) is 7.86. The fourth-order valence-corrected chi connectivity index (χ4v) is 3.31. The first-order chi connectivity index (χ1) is 15.2. The fourth-order valence-electron chi connectivity index (χ4n) is 3.31. The van der Waals surface area contributed by atoms with E-state index in [1.165, 1.54) is 5.23 Å². The first-order valence-corrected chi connectivity index (χ1v) is 10.8. The minimum Gasteiger partial charge on any atom is -0.490 e. The number of aliphatic hydroxyl groups excluding tert-OH is 2. The van der Waals surface area contributed by atoms with E-state index in [2.05, 4.69) is 23.7 Å². The van der Waals surface area contributed by atoms with Gasteiger partial charge in [0.2, 0.25) is 6.29 Å². The molecule has 0 radical (unpaired) electrons. The molecular formula is C23H33N3O6. The molecule has 0 aliphatic carbocycles. The molecule has 2 unspecified atom stereocenters. The average molecular weight is 448 g/mol. The highest BCUT2D eigenvalue weighted by Crippen LogP contribution is 2.36. The summed E-state index contributed by atoms with van der Waals surface area (Å²) in [7, 11) is 1.99. The summed E-state index contributed by atoms with van der Waals surface area (Å²) >= 11 is 0. The van der Waals surface area contributed by atoms with Crippen LogP contribution < -0.4 is 14.9 Å². The molecule has 2 N–H and O–H groups in total. The highest BCUT2D eigenvalue weighted by Gasteiger charge is 2.31. The van der Waals surface area contributed by atoms with E-state index >= 15 is 0 Å². The lowest BCUT2D eigenvalue weighted by Gasteiger charge is -2.23. The van der Waals surface area contributed by atoms with Gasteiger partial charge in [0, 0.05) is 24.3 Å². The topological polar surface area (TPSA) is 96.8 Å². The van der Waals surface area contributed by atoms with Gasteiger partial charge in [-0.2, -0.15) is 4.89 Å². The Labute approximate surface area is 188 Å². The van der Waals surface area contributed by atoms with Crippen molar-refractivity contribution in [1.29, 1.82) is 0 Å². The van der Waals surface area contributed by atoms with Gasteiger partial charge in [-0.1, -0.05) is 17.1 Å².